The molecule has 0 radical (unpaired) electrons. The molecule has 1 aliphatic rings. The largest absolute Gasteiger partial charge is 0.192 e. The van der Waals surface area contributed by atoms with Gasteiger partial charge in [0.2, 0.25) is 0 Å². The van der Waals surface area contributed by atoms with E-state index in [1.807, 2.05) is 25.2 Å². The fourth-order valence-corrected chi connectivity index (χ4v) is 1.15. The van der Waals surface area contributed by atoms with Crippen LogP contribution >= 0.6 is 0 Å². The van der Waals surface area contributed by atoms with Gasteiger partial charge in [-0.15, -0.1) is 0 Å². The maximum atomic E-state index is 8.63. The van der Waals surface area contributed by atoms with Crippen molar-refractivity contribution in [2.24, 2.45) is 5.92 Å². The van der Waals surface area contributed by atoms with E-state index in [1.54, 1.807) is 0 Å². The summed E-state index contributed by atoms with van der Waals surface area (Å²) in [6, 6.07) is 2.14. The van der Waals surface area contributed by atoms with Gasteiger partial charge >= 0.3 is 0 Å². The van der Waals surface area contributed by atoms with Gasteiger partial charge in [-0.05, 0) is 18.9 Å². The van der Waals surface area contributed by atoms with E-state index >= 15 is 0 Å². The molecule has 0 heterocycles. The lowest BCUT2D eigenvalue weighted by Gasteiger charge is -1.95. The Balaban J connectivity index is 2.94. The Morgan fingerprint density at radius 3 is 2.73 bits per heavy atom. The highest BCUT2D eigenvalue weighted by atomic mass is 14.2. The van der Waals surface area contributed by atoms with Crippen LogP contribution in [0.4, 0.5) is 0 Å². The third-order valence-corrected chi connectivity index (χ3v) is 1.62. The predicted octanol–water partition coefficient (Wildman–Crippen LogP) is 2.59. The van der Waals surface area contributed by atoms with Crippen molar-refractivity contribution in [1.82, 2.24) is 0 Å². The van der Waals surface area contributed by atoms with Crippen molar-refractivity contribution in [3.63, 3.8) is 0 Å². The first-order valence-electron chi connectivity index (χ1n) is 3.71. The SMILES string of the molecule is CC1=CC(C)C=C(C#N)C=C1. The van der Waals surface area contributed by atoms with Crippen LogP contribution in [0.15, 0.2) is 35.5 Å². The molecule has 0 N–H and O–H groups in total. The minimum Gasteiger partial charge on any atom is -0.192 e. The Morgan fingerprint density at radius 1 is 1.36 bits per heavy atom. The molecule has 0 aliphatic heterocycles. The fraction of sp³-hybridized carbons (Fsp3) is 0.300. The van der Waals surface area contributed by atoms with Crippen molar-refractivity contribution in [3.8, 4) is 6.07 Å². The lowest BCUT2D eigenvalue weighted by molar-refractivity contribution is 0.929. The van der Waals surface area contributed by atoms with Gasteiger partial charge < -0.3 is 0 Å². The van der Waals surface area contributed by atoms with Crippen LogP contribution in [0.5, 0.6) is 0 Å². The smallest absolute Gasteiger partial charge is 0.0988 e. The summed E-state index contributed by atoms with van der Waals surface area (Å²) in [6.45, 7) is 4.12. The molecule has 0 aromatic rings. The third kappa shape index (κ3) is 2.09. The van der Waals surface area contributed by atoms with E-state index in [0.717, 1.165) is 5.57 Å². The maximum absolute atomic E-state index is 8.63. The van der Waals surface area contributed by atoms with Gasteiger partial charge in [-0.2, -0.15) is 5.26 Å². The van der Waals surface area contributed by atoms with E-state index in [4.69, 9.17) is 5.26 Å². The van der Waals surface area contributed by atoms with Gasteiger partial charge in [0.05, 0.1) is 6.07 Å². The van der Waals surface area contributed by atoms with Crippen LogP contribution in [0.25, 0.3) is 0 Å². The van der Waals surface area contributed by atoms with Crippen LogP contribution in [0.2, 0.25) is 0 Å². The van der Waals surface area contributed by atoms with Crippen molar-refractivity contribution in [3.05, 3.63) is 35.5 Å². The molecule has 0 saturated carbocycles. The Kier molecular flexibility index (Phi) is 2.28. The summed E-state index contributed by atoms with van der Waals surface area (Å²) in [4.78, 5) is 0. The fourth-order valence-electron chi connectivity index (χ4n) is 1.15. The molecule has 1 rings (SSSR count). The number of hydrogen-bond acceptors (Lipinski definition) is 1. The average molecular weight is 145 g/mol. The predicted molar refractivity (Wildman–Crippen MR) is 45.8 cm³/mol. The number of hydrogen-bond donors (Lipinski definition) is 0. The number of rotatable bonds is 0. The summed E-state index contributed by atoms with van der Waals surface area (Å²) in [5.74, 6) is 0.375. The van der Waals surface area contributed by atoms with Gasteiger partial charge in [-0.3, -0.25) is 0 Å². The van der Waals surface area contributed by atoms with Crippen molar-refractivity contribution in [2.45, 2.75) is 13.8 Å². The van der Waals surface area contributed by atoms with Crippen LogP contribution in [0.3, 0.4) is 0 Å². The van der Waals surface area contributed by atoms with Crippen molar-refractivity contribution in [2.75, 3.05) is 0 Å². The molecule has 11 heavy (non-hydrogen) atoms. The number of nitriles is 1. The minimum absolute atomic E-state index is 0.375. The Labute approximate surface area is 67.3 Å². The molecule has 1 unspecified atom stereocenters. The molecule has 1 atom stereocenters. The van der Waals surface area contributed by atoms with E-state index in [-0.39, 0.29) is 0 Å². The molecule has 0 fully saturated rings. The molecule has 0 amide bonds. The summed E-state index contributed by atoms with van der Waals surface area (Å²) >= 11 is 0. The summed E-state index contributed by atoms with van der Waals surface area (Å²) in [7, 11) is 0. The lowest BCUT2D eigenvalue weighted by atomic mass is 10.1. The van der Waals surface area contributed by atoms with Gasteiger partial charge in [0.1, 0.15) is 0 Å². The second kappa shape index (κ2) is 3.21. The molecule has 1 aliphatic carbocycles. The summed E-state index contributed by atoms with van der Waals surface area (Å²) in [5.41, 5.74) is 1.98. The van der Waals surface area contributed by atoms with E-state index in [1.165, 1.54) is 5.57 Å². The van der Waals surface area contributed by atoms with Crippen molar-refractivity contribution >= 4 is 0 Å². The minimum atomic E-state index is 0.375. The molecule has 0 aromatic carbocycles. The van der Waals surface area contributed by atoms with E-state index in [9.17, 15) is 0 Å². The van der Waals surface area contributed by atoms with E-state index < -0.39 is 0 Å². The highest BCUT2D eigenvalue weighted by Gasteiger charge is 1.99. The van der Waals surface area contributed by atoms with Gasteiger partial charge in [0.25, 0.3) is 0 Å². The molecule has 0 aromatic heterocycles. The molecular formula is C10H11N. The molecule has 0 bridgehead atoms. The van der Waals surface area contributed by atoms with Crippen LogP contribution < -0.4 is 0 Å². The molecule has 0 spiro atoms. The average Bonchev–Trinajstić information content (AvgIpc) is 2.11. The molecule has 1 nitrogen and oxygen atoms in total. The zero-order valence-electron chi connectivity index (χ0n) is 6.83. The van der Waals surface area contributed by atoms with Crippen LogP contribution in [-0.4, -0.2) is 0 Å². The van der Waals surface area contributed by atoms with E-state index in [0.29, 0.717) is 5.92 Å². The standard InChI is InChI=1S/C10H11N/c1-8-3-4-10(7-11)6-9(2)5-8/h3-6,9H,1-2H3. The summed E-state index contributed by atoms with van der Waals surface area (Å²) in [5, 5.41) is 8.63. The quantitative estimate of drug-likeness (QED) is 0.514. The van der Waals surface area contributed by atoms with Gasteiger partial charge in [-0.1, -0.05) is 30.7 Å². The lowest BCUT2D eigenvalue weighted by Crippen LogP contribution is -1.83. The van der Waals surface area contributed by atoms with Crippen molar-refractivity contribution < 1.29 is 0 Å². The first-order chi connectivity index (χ1) is 5.22. The third-order valence-electron chi connectivity index (χ3n) is 1.62. The number of allylic oxidation sites excluding steroid dienone is 6. The number of nitrogens with zero attached hydrogens (tertiary/aromatic N) is 1. The molecule has 56 valence electrons. The zero-order valence-corrected chi connectivity index (χ0v) is 6.83. The highest BCUT2D eigenvalue weighted by molar-refractivity contribution is 5.40. The Bertz CT molecular complexity index is 274. The maximum Gasteiger partial charge on any atom is 0.0988 e. The highest BCUT2D eigenvalue weighted by Crippen LogP contribution is 2.13. The van der Waals surface area contributed by atoms with Crippen LogP contribution in [-0.2, 0) is 0 Å². The summed E-state index contributed by atoms with van der Waals surface area (Å²) < 4.78 is 0. The molecular weight excluding hydrogens is 134 g/mol. The second-order valence-electron chi connectivity index (χ2n) is 2.84. The Morgan fingerprint density at radius 2 is 2.09 bits per heavy atom. The van der Waals surface area contributed by atoms with E-state index in [2.05, 4.69) is 19.1 Å². The molecule has 1 heteroatoms. The van der Waals surface area contributed by atoms with Crippen LogP contribution in [0, 0.1) is 17.2 Å². The normalized spacial score (nSPS) is 23.2. The van der Waals surface area contributed by atoms with Gasteiger partial charge in [0, 0.05) is 5.57 Å². The summed E-state index contributed by atoms with van der Waals surface area (Å²) in [6.07, 6.45) is 7.93. The van der Waals surface area contributed by atoms with Crippen LogP contribution in [0.1, 0.15) is 13.8 Å². The second-order valence-corrected chi connectivity index (χ2v) is 2.84. The van der Waals surface area contributed by atoms with Crippen molar-refractivity contribution in [1.29, 1.82) is 5.26 Å². The van der Waals surface area contributed by atoms with Gasteiger partial charge in [-0.25, -0.2) is 0 Å². The molecule has 0 saturated heterocycles. The van der Waals surface area contributed by atoms with Gasteiger partial charge in [0.15, 0.2) is 0 Å². The topological polar surface area (TPSA) is 23.8 Å². The zero-order chi connectivity index (χ0) is 8.27. The first kappa shape index (κ1) is 7.81. The Hall–Kier alpha value is -1.29. The monoisotopic (exact) mass is 145 g/mol. The first-order valence-corrected chi connectivity index (χ1v) is 3.71.